The second kappa shape index (κ2) is 6.67. The summed E-state index contributed by atoms with van der Waals surface area (Å²) in [7, 11) is 0. The summed E-state index contributed by atoms with van der Waals surface area (Å²) in [6.45, 7) is 6.16. The number of pyridine rings is 1. The molecule has 0 saturated heterocycles. The lowest BCUT2D eigenvalue weighted by Gasteiger charge is -2.18. The van der Waals surface area contributed by atoms with E-state index in [2.05, 4.69) is 29.1 Å². The Morgan fingerprint density at radius 3 is 2.71 bits per heavy atom. The van der Waals surface area contributed by atoms with Crippen molar-refractivity contribution in [2.75, 3.05) is 0 Å². The van der Waals surface area contributed by atoms with Gasteiger partial charge >= 0.3 is 0 Å². The number of nitrogens with zero attached hydrogens (tertiary/aromatic N) is 1. The number of H-pyrrole nitrogens is 1. The fourth-order valence-electron chi connectivity index (χ4n) is 2.02. The zero-order chi connectivity index (χ0) is 15.4. The van der Waals surface area contributed by atoms with E-state index in [-0.39, 0.29) is 17.5 Å². The van der Waals surface area contributed by atoms with Gasteiger partial charge in [0.25, 0.3) is 5.91 Å². The predicted molar refractivity (Wildman–Crippen MR) is 83.6 cm³/mol. The maximum atomic E-state index is 12.3. The smallest absolute Gasteiger partial charge is 0.253 e. The highest BCUT2D eigenvalue weighted by atomic mass is 32.1. The third-order valence-corrected chi connectivity index (χ3v) is 4.07. The Morgan fingerprint density at radius 2 is 2.19 bits per heavy atom. The van der Waals surface area contributed by atoms with Crippen molar-refractivity contribution < 1.29 is 4.79 Å². The second-order valence-electron chi connectivity index (χ2n) is 5.42. The van der Waals surface area contributed by atoms with E-state index in [1.807, 2.05) is 12.3 Å². The zero-order valence-corrected chi connectivity index (χ0v) is 13.2. The monoisotopic (exact) mass is 305 g/mol. The standard InChI is InChI=1S/C15H19N3O2S/c1-9(2)6-12(15-17-10(3)8-21-15)18-14(20)11-4-5-13(19)16-7-11/h4-5,7-9,12H,6H2,1-3H3,(H,16,19)(H,18,20). The molecule has 0 aliphatic rings. The fraction of sp³-hybridized carbons (Fsp3) is 0.400. The van der Waals surface area contributed by atoms with Crippen LogP contribution in [0.25, 0.3) is 0 Å². The molecule has 1 amide bonds. The van der Waals surface area contributed by atoms with Crippen molar-refractivity contribution in [3.63, 3.8) is 0 Å². The van der Waals surface area contributed by atoms with Crippen LogP contribution in [0.3, 0.4) is 0 Å². The first-order valence-electron chi connectivity index (χ1n) is 6.87. The summed E-state index contributed by atoms with van der Waals surface area (Å²) in [5.41, 5.74) is 1.18. The zero-order valence-electron chi connectivity index (χ0n) is 12.3. The summed E-state index contributed by atoms with van der Waals surface area (Å²) in [6, 6.07) is 2.76. The minimum Gasteiger partial charge on any atom is -0.343 e. The summed E-state index contributed by atoms with van der Waals surface area (Å²) in [4.78, 5) is 30.3. The third kappa shape index (κ3) is 4.26. The lowest BCUT2D eigenvalue weighted by atomic mass is 10.0. The minimum absolute atomic E-state index is 0.108. The van der Waals surface area contributed by atoms with Gasteiger partial charge in [0.1, 0.15) is 5.01 Å². The number of aromatic amines is 1. The molecule has 0 aliphatic heterocycles. The van der Waals surface area contributed by atoms with Gasteiger partial charge < -0.3 is 10.3 Å². The number of nitrogens with one attached hydrogen (secondary N) is 2. The van der Waals surface area contributed by atoms with Crippen LogP contribution in [0.2, 0.25) is 0 Å². The van der Waals surface area contributed by atoms with E-state index >= 15 is 0 Å². The Labute approximate surface area is 127 Å². The molecular weight excluding hydrogens is 286 g/mol. The molecule has 2 aromatic rings. The molecule has 0 bridgehead atoms. The maximum Gasteiger partial charge on any atom is 0.253 e. The lowest BCUT2D eigenvalue weighted by Crippen LogP contribution is -2.30. The largest absolute Gasteiger partial charge is 0.343 e. The highest BCUT2D eigenvalue weighted by Gasteiger charge is 2.20. The molecule has 112 valence electrons. The molecule has 6 heteroatoms. The Kier molecular flexibility index (Phi) is 4.90. The van der Waals surface area contributed by atoms with E-state index < -0.39 is 0 Å². The SMILES string of the molecule is Cc1csc(C(CC(C)C)NC(=O)c2ccc(=O)[nH]c2)n1. The molecule has 0 aliphatic carbocycles. The Morgan fingerprint density at radius 1 is 1.43 bits per heavy atom. The van der Waals surface area contributed by atoms with Crippen LogP contribution in [0.5, 0.6) is 0 Å². The first-order valence-corrected chi connectivity index (χ1v) is 7.75. The number of rotatable bonds is 5. The number of thiazole rings is 1. The quantitative estimate of drug-likeness (QED) is 0.891. The van der Waals surface area contributed by atoms with Crippen LogP contribution in [0.15, 0.2) is 28.5 Å². The van der Waals surface area contributed by atoms with E-state index in [0.717, 1.165) is 17.1 Å². The van der Waals surface area contributed by atoms with Gasteiger partial charge in [-0.25, -0.2) is 4.98 Å². The highest BCUT2D eigenvalue weighted by molar-refractivity contribution is 7.09. The van der Waals surface area contributed by atoms with Crippen molar-refractivity contribution in [2.24, 2.45) is 5.92 Å². The Balaban J connectivity index is 2.16. The summed E-state index contributed by atoms with van der Waals surface area (Å²) >= 11 is 1.56. The van der Waals surface area contributed by atoms with E-state index in [0.29, 0.717) is 11.5 Å². The summed E-state index contributed by atoms with van der Waals surface area (Å²) in [6.07, 6.45) is 2.25. The third-order valence-electron chi connectivity index (χ3n) is 2.99. The van der Waals surface area contributed by atoms with Gasteiger partial charge in [0.05, 0.1) is 11.6 Å². The van der Waals surface area contributed by atoms with Crippen molar-refractivity contribution in [1.29, 1.82) is 0 Å². The molecular formula is C15H19N3O2S. The normalized spacial score (nSPS) is 12.4. The van der Waals surface area contributed by atoms with Gasteiger partial charge in [0.2, 0.25) is 5.56 Å². The Hall–Kier alpha value is -1.95. The van der Waals surface area contributed by atoms with Gasteiger partial charge in [-0.15, -0.1) is 11.3 Å². The van der Waals surface area contributed by atoms with Crippen LogP contribution < -0.4 is 10.9 Å². The van der Waals surface area contributed by atoms with Crippen LogP contribution in [-0.4, -0.2) is 15.9 Å². The molecule has 21 heavy (non-hydrogen) atoms. The molecule has 0 radical (unpaired) electrons. The minimum atomic E-state index is -0.221. The van der Waals surface area contributed by atoms with Gasteiger partial charge in [-0.3, -0.25) is 9.59 Å². The van der Waals surface area contributed by atoms with E-state index in [4.69, 9.17) is 0 Å². The first-order chi connectivity index (χ1) is 9.95. The van der Waals surface area contributed by atoms with Crippen LogP contribution in [0.4, 0.5) is 0 Å². The van der Waals surface area contributed by atoms with E-state index in [1.165, 1.54) is 18.3 Å². The summed E-state index contributed by atoms with van der Waals surface area (Å²) in [5, 5.41) is 5.90. The first kappa shape index (κ1) is 15.4. The van der Waals surface area contributed by atoms with Gasteiger partial charge in [0.15, 0.2) is 0 Å². The molecule has 2 heterocycles. The number of aryl methyl sites for hydroxylation is 1. The highest BCUT2D eigenvalue weighted by Crippen LogP contribution is 2.24. The van der Waals surface area contributed by atoms with Crippen LogP contribution in [0, 0.1) is 12.8 Å². The molecule has 2 aromatic heterocycles. The number of hydrogen-bond donors (Lipinski definition) is 2. The summed E-state index contributed by atoms with van der Waals surface area (Å²) < 4.78 is 0. The summed E-state index contributed by atoms with van der Waals surface area (Å²) in [5.74, 6) is 0.236. The van der Waals surface area contributed by atoms with Gasteiger partial charge in [0, 0.05) is 23.3 Å². The molecule has 1 atom stereocenters. The number of carbonyl (C=O) groups excluding carboxylic acids is 1. The van der Waals surface area contributed by atoms with Crippen LogP contribution >= 0.6 is 11.3 Å². The average Bonchev–Trinajstić information content (AvgIpc) is 2.85. The maximum absolute atomic E-state index is 12.3. The van der Waals surface area contributed by atoms with Gasteiger partial charge in [-0.1, -0.05) is 13.8 Å². The van der Waals surface area contributed by atoms with Crippen molar-refractivity contribution in [1.82, 2.24) is 15.3 Å². The molecule has 0 aromatic carbocycles. The topological polar surface area (TPSA) is 74.8 Å². The number of aromatic nitrogens is 2. The molecule has 2 rings (SSSR count). The number of hydrogen-bond acceptors (Lipinski definition) is 4. The number of amides is 1. The van der Waals surface area contributed by atoms with Crippen LogP contribution in [-0.2, 0) is 0 Å². The Bertz CT molecular complexity index is 655. The van der Waals surface area contributed by atoms with E-state index in [1.54, 1.807) is 11.3 Å². The van der Waals surface area contributed by atoms with Crippen molar-refractivity contribution >= 4 is 17.2 Å². The van der Waals surface area contributed by atoms with Gasteiger partial charge in [-0.05, 0) is 25.3 Å². The average molecular weight is 305 g/mol. The van der Waals surface area contributed by atoms with E-state index in [9.17, 15) is 9.59 Å². The predicted octanol–water partition coefficient (Wildman–Crippen LogP) is 2.66. The van der Waals surface area contributed by atoms with Crippen LogP contribution in [0.1, 0.15) is 47.4 Å². The number of carbonyl (C=O) groups is 1. The van der Waals surface area contributed by atoms with Crippen molar-refractivity contribution in [2.45, 2.75) is 33.2 Å². The van der Waals surface area contributed by atoms with Crippen molar-refractivity contribution in [3.05, 3.63) is 50.3 Å². The lowest BCUT2D eigenvalue weighted by molar-refractivity contribution is 0.0931. The molecule has 0 spiro atoms. The molecule has 1 unspecified atom stereocenters. The molecule has 5 nitrogen and oxygen atoms in total. The molecule has 0 fully saturated rings. The van der Waals surface area contributed by atoms with Gasteiger partial charge in [-0.2, -0.15) is 0 Å². The fourth-order valence-corrected chi connectivity index (χ4v) is 2.88. The molecule has 0 saturated carbocycles. The second-order valence-corrected chi connectivity index (χ2v) is 6.31. The molecule has 2 N–H and O–H groups in total. The van der Waals surface area contributed by atoms with Crippen molar-refractivity contribution in [3.8, 4) is 0 Å².